The Morgan fingerprint density at radius 3 is 2.33 bits per heavy atom. The molecule has 94 valence electrons. The smallest absolute Gasteiger partial charge is 0.175 e. The predicted molar refractivity (Wildman–Crippen MR) is 75.6 cm³/mol. The average Bonchev–Trinajstić information content (AvgIpc) is 2.28. The number of nitrogens with zero attached hydrogens (tertiary/aromatic N) is 1. The van der Waals surface area contributed by atoms with E-state index in [9.17, 15) is 8.42 Å². The van der Waals surface area contributed by atoms with Gasteiger partial charge in [-0.1, -0.05) is 17.8 Å². The van der Waals surface area contributed by atoms with Gasteiger partial charge in [-0.15, -0.1) is 0 Å². The second-order valence-corrected chi connectivity index (χ2v) is 7.57. The first-order valence-corrected chi connectivity index (χ1v) is 8.56. The summed E-state index contributed by atoms with van der Waals surface area (Å²) in [4.78, 5) is 5.58. The fourth-order valence-corrected chi connectivity index (χ4v) is 3.22. The Kier molecular flexibility index (Phi) is 4.09. The zero-order chi connectivity index (χ0) is 13.2. The highest BCUT2D eigenvalue weighted by Crippen LogP contribution is 2.27. The van der Waals surface area contributed by atoms with Crippen LogP contribution in [-0.2, 0) is 9.84 Å². The van der Waals surface area contributed by atoms with Crippen molar-refractivity contribution in [1.29, 1.82) is 0 Å². The van der Waals surface area contributed by atoms with Crippen molar-refractivity contribution in [2.75, 3.05) is 6.26 Å². The van der Waals surface area contributed by atoms with Gasteiger partial charge in [0.05, 0.1) is 4.90 Å². The van der Waals surface area contributed by atoms with Gasteiger partial charge in [-0.2, -0.15) is 0 Å². The Bertz CT molecular complexity index is 654. The van der Waals surface area contributed by atoms with Crippen LogP contribution in [0.5, 0.6) is 0 Å². The summed E-state index contributed by atoms with van der Waals surface area (Å²) in [5.41, 5.74) is 0. The molecule has 0 fully saturated rings. The van der Waals surface area contributed by atoms with E-state index in [1.807, 2.05) is 18.2 Å². The van der Waals surface area contributed by atoms with Crippen molar-refractivity contribution in [2.24, 2.45) is 0 Å². The van der Waals surface area contributed by atoms with E-state index in [0.29, 0.717) is 4.90 Å². The molecule has 0 amide bonds. The van der Waals surface area contributed by atoms with Gasteiger partial charge in [0.25, 0.3) is 0 Å². The number of benzene rings is 1. The molecule has 0 aliphatic rings. The minimum atomic E-state index is -3.13. The third-order valence-corrected chi connectivity index (χ3v) is 4.68. The van der Waals surface area contributed by atoms with E-state index >= 15 is 0 Å². The van der Waals surface area contributed by atoms with Crippen LogP contribution in [0.3, 0.4) is 0 Å². The molecule has 0 spiro atoms. The highest BCUT2D eigenvalue weighted by Gasteiger charge is 2.06. The number of sulfone groups is 1. The lowest BCUT2D eigenvalue weighted by molar-refractivity contribution is 0.602. The molecular weight excluding hydrogens is 334 g/mol. The standard InChI is InChI=1S/C12H10BrNO2S2/c1-18(15,16)10-7-5-9(6-8-10)17-12-4-2-3-11(13)14-12/h2-8H,1H3. The zero-order valence-corrected chi connectivity index (χ0v) is 12.7. The molecule has 0 aliphatic carbocycles. The van der Waals surface area contributed by atoms with Crippen molar-refractivity contribution in [3.8, 4) is 0 Å². The largest absolute Gasteiger partial charge is 0.234 e. The summed E-state index contributed by atoms with van der Waals surface area (Å²) in [5.74, 6) is 0. The highest BCUT2D eigenvalue weighted by atomic mass is 79.9. The fourth-order valence-electron chi connectivity index (χ4n) is 1.32. The summed E-state index contributed by atoms with van der Waals surface area (Å²) in [6.07, 6.45) is 1.20. The molecule has 6 heteroatoms. The Morgan fingerprint density at radius 1 is 1.11 bits per heavy atom. The second kappa shape index (κ2) is 5.42. The van der Waals surface area contributed by atoms with Crippen LogP contribution in [0.15, 0.2) is 61.9 Å². The quantitative estimate of drug-likeness (QED) is 0.801. The van der Waals surface area contributed by atoms with E-state index in [0.717, 1.165) is 14.5 Å². The number of hydrogen-bond donors (Lipinski definition) is 0. The van der Waals surface area contributed by atoms with Crippen LogP contribution in [0.25, 0.3) is 0 Å². The molecule has 1 aromatic carbocycles. The minimum absolute atomic E-state index is 0.328. The average molecular weight is 344 g/mol. The van der Waals surface area contributed by atoms with Crippen LogP contribution in [-0.4, -0.2) is 19.7 Å². The van der Waals surface area contributed by atoms with Crippen LogP contribution in [0, 0.1) is 0 Å². The molecule has 0 aliphatic heterocycles. The molecule has 0 saturated heterocycles. The highest BCUT2D eigenvalue weighted by molar-refractivity contribution is 9.10. The van der Waals surface area contributed by atoms with E-state index in [4.69, 9.17) is 0 Å². The summed E-state index contributed by atoms with van der Waals surface area (Å²) in [6.45, 7) is 0. The molecule has 0 N–H and O–H groups in total. The van der Waals surface area contributed by atoms with Crippen LogP contribution in [0.1, 0.15) is 0 Å². The normalized spacial score (nSPS) is 11.4. The molecule has 2 rings (SSSR count). The Hall–Kier alpha value is -0.850. The number of aromatic nitrogens is 1. The summed E-state index contributed by atoms with van der Waals surface area (Å²) in [5, 5.41) is 0.858. The van der Waals surface area contributed by atoms with Crippen LogP contribution in [0.4, 0.5) is 0 Å². The van der Waals surface area contributed by atoms with E-state index in [2.05, 4.69) is 20.9 Å². The predicted octanol–water partition coefficient (Wildman–Crippen LogP) is 3.40. The second-order valence-electron chi connectivity index (χ2n) is 3.64. The van der Waals surface area contributed by atoms with Gasteiger partial charge in [0.15, 0.2) is 9.84 Å². The lowest BCUT2D eigenvalue weighted by atomic mass is 10.4. The fraction of sp³-hybridized carbons (Fsp3) is 0.0833. The molecule has 3 nitrogen and oxygen atoms in total. The van der Waals surface area contributed by atoms with Crippen molar-refractivity contribution in [3.63, 3.8) is 0 Å². The Labute approximate surface area is 119 Å². The molecule has 0 saturated carbocycles. The number of halogens is 1. The molecule has 1 heterocycles. The van der Waals surface area contributed by atoms with Crippen LogP contribution < -0.4 is 0 Å². The molecule has 18 heavy (non-hydrogen) atoms. The van der Waals surface area contributed by atoms with Gasteiger partial charge in [0.2, 0.25) is 0 Å². The number of pyridine rings is 1. The lowest BCUT2D eigenvalue weighted by Crippen LogP contribution is -1.95. The van der Waals surface area contributed by atoms with Gasteiger partial charge in [-0.25, -0.2) is 13.4 Å². The first kappa shape index (κ1) is 13.6. The molecule has 1 aromatic heterocycles. The third kappa shape index (κ3) is 3.57. The van der Waals surface area contributed by atoms with Gasteiger partial charge in [0, 0.05) is 11.2 Å². The van der Waals surface area contributed by atoms with Crippen LogP contribution in [0.2, 0.25) is 0 Å². The van der Waals surface area contributed by atoms with E-state index in [1.54, 1.807) is 24.3 Å². The Balaban J connectivity index is 2.21. The third-order valence-electron chi connectivity index (χ3n) is 2.16. The first-order chi connectivity index (χ1) is 8.45. The molecule has 0 unspecified atom stereocenters. The van der Waals surface area contributed by atoms with Gasteiger partial charge >= 0.3 is 0 Å². The topological polar surface area (TPSA) is 47.0 Å². The monoisotopic (exact) mass is 343 g/mol. The SMILES string of the molecule is CS(=O)(=O)c1ccc(Sc2cccc(Br)n2)cc1. The number of hydrogen-bond acceptors (Lipinski definition) is 4. The summed E-state index contributed by atoms with van der Waals surface area (Å²) < 4.78 is 23.4. The van der Waals surface area contributed by atoms with E-state index in [1.165, 1.54) is 18.0 Å². The molecular formula is C12H10BrNO2S2. The summed E-state index contributed by atoms with van der Waals surface area (Å²) in [7, 11) is -3.13. The maximum atomic E-state index is 11.3. The maximum absolute atomic E-state index is 11.3. The van der Waals surface area contributed by atoms with Crippen molar-refractivity contribution in [3.05, 3.63) is 47.1 Å². The van der Waals surface area contributed by atoms with E-state index < -0.39 is 9.84 Å². The van der Waals surface area contributed by atoms with Gasteiger partial charge < -0.3 is 0 Å². The summed E-state index contributed by atoms with van der Waals surface area (Å²) in [6, 6.07) is 12.4. The van der Waals surface area contributed by atoms with Gasteiger partial charge in [-0.05, 0) is 52.3 Å². The van der Waals surface area contributed by atoms with Crippen molar-refractivity contribution in [2.45, 2.75) is 14.8 Å². The summed E-state index contributed by atoms with van der Waals surface area (Å²) >= 11 is 4.79. The molecule has 0 bridgehead atoms. The van der Waals surface area contributed by atoms with E-state index in [-0.39, 0.29) is 0 Å². The molecule has 0 atom stereocenters. The minimum Gasteiger partial charge on any atom is -0.234 e. The van der Waals surface area contributed by atoms with Crippen molar-refractivity contribution >= 4 is 37.5 Å². The van der Waals surface area contributed by atoms with Crippen LogP contribution >= 0.6 is 27.7 Å². The van der Waals surface area contributed by atoms with Crippen molar-refractivity contribution < 1.29 is 8.42 Å². The number of rotatable bonds is 3. The molecule has 2 aromatic rings. The lowest BCUT2D eigenvalue weighted by Gasteiger charge is -2.02. The maximum Gasteiger partial charge on any atom is 0.175 e. The Morgan fingerprint density at radius 2 is 1.78 bits per heavy atom. The zero-order valence-electron chi connectivity index (χ0n) is 9.50. The van der Waals surface area contributed by atoms with Gasteiger partial charge in [0.1, 0.15) is 9.63 Å². The van der Waals surface area contributed by atoms with Crippen molar-refractivity contribution in [1.82, 2.24) is 4.98 Å². The first-order valence-electron chi connectivity index (χ1n) is 5.06. The molecule has 0 radical (unpaired) electrons. The van der Waals surface area contributed by atoms with Gasteiger partial charge in [-0.3, -0.25) is 0 Å².